The van der Waals surface area contributed by atoms with Crippen LogP contribution in [0.1, 0.15) is 34.6 Å². The van der Waals surface area contributed by atoms with E-state index in [1.165, 1.54) is 0 Å². The maximum atomic E-state index is 5.80. The van der Waals surface area contributed by atoms with Gasteiger partial charge in [0.15, 0.2) is 0 Å². The Bertz CT molecular complexity index is 171. The SMILES string of the molecule is CCO[Si](CC(C)(C)NC)(OCC)OCC. The highest BCUT2D eigenvalue weighted by atomic mass is 28.4. The van der Waals surface area contributed by atoms with E-state index in [0.717, 1.165) is 6.04 Å². The van der Waals surface area contributed by atoms with Crippen LogP contribution in [0.4, 0.5) is 0 Å². The molecule has 5 heteroatoms. The minimum atomic E-state index is -2.51. The molecule has 0 aromatic heterocycles. The fourth-order valence-corrected chi connectivity index (χ4v) is 4.70. The van der Waals surface area contributed by atoms with E-state index >= 15 is 0 Å². The Balaban J connectivity index is 4.71. The van der Waals surface area contributed by atoms with Crippen molar-refractivity contribution in [1.82, 2.24) is 5.32 Å². The molecule has 0 aromatic carbocycles. The molecule has 0 saturated heterocycles. The van der Waals surface area contributed by atoms with E-state index in [4.69, 9.17) is 13.3 Å². The second-order valence-electron chi connectivity index (χ2n) is 4.29. The summed E-state index contributed by atoms with van der Waals surface area (Å²) < 4.78 is 17.4. The lowest BCUT2D eigenvalue weighted by Crippen LogP contribution is -2.54. The van der Waals surface area contributed by atoms with Crippen LogP contribution in [-0.4, -0.2) is 41.2 Å². The largest absolute Gasteiger partial charge is 0.502 e. The van der Waals surface area contributed by atoms with Crippen molar-refractivity contribution in [2.75, 3.05) is 26.9 Å². The minimum Gasteiger partial charge on any atom is -0.374 e. The van der Waals surface area contributed by atoms with Crippen LogP contribution in [0, 0.1) is 0 Å². The van der Waals surface area contributed by atoms with Crippen molar-refractivity contribution in [3.8, 4) is 0 Å². The molecule has 16 heavy (non-hydrogen) atoms. The van der Waals surface area contributed by atoms with Gasteiger partial charge in [0.05, 0.1) is 0 Å². The molecule has 0 aromatic rings. The molecule has 0 aliphatic carbocycles. The van der Waals surface area contributed by atoms with Crippen LogP contribution in [0.25, 0.3) is 0 Å². The summed E-state index contributed by atoms with van der Waals surface area (Å²) in [5, 5.41) is 3.27. The molecule has 98 valence electrons. The quantitative estimate of drug-likeness (QED) is 0.635. The van der Waals surface area contributed by atoms with Crippen molar-refractivity contribution in [2.24, 2.45) is 0 Å². The maximum Gasteiger partial charge on any atom is 0.502 e. The fourth-order valence-electron chi connectivity index (χ4n) is 1.57. The lowest BCUT2D eigenvalue weighted by atomic mass is 10.1. The van der Waals surface area contributed by atoms with Crippen molar-refractivity contribution in [1.29, 1.82) is 0 Å². The highest BCUT2D eigenvalue weighted by Crippen LogP contribution is 2.23. The van der Waals surface area contributed by atoms with Crippen molar-refractivity contribution < 1.29 is 13.3 Å². The lowest BCUT2D eigenvalue weighted by molar-refractivity contribution is 0.0652. The molecule has 0 radical (unpaired) electrons. The lowest BCUT2D eigenvalue weighted by Gasteiger charge is -2.35. The predicted molar refractivity (Wildman–Crippen MR) is 68.6 cm³/mol. The van der Waals surface area contributed by atoms with Gasteiger partial charge < -0.3 is 18.6 Å². The summed E-state index contributed by atoms with van der Waals surface area (Å²) in [6, 6.07) is 0.784. The van der Waals surface area contributed by atoms with Crippen molar-refractivity contribution >= 4 is 8.80 Å². The van der Waals surface area contributed by atoms with Crippen LogP contribution < -0.4 is 5.32 Å². The zero-order valence-electron chi connectivity index (χ0n) is 11.6. The normalized spacial score (nSPS) is 13.1. The Morgan fingerprint density at radius 2 is 1.31 bits per heavy atom. The molecule has 0 rings (SSSR count). The van der Waals surface area contributed by atoms with E-state index in [9.17, 15) is 0 Å². The van der Waals surface area contributed by atoms with Gasteiger partial charge in [-0.25, -0.2) is 0 Å². The van der Waals surface area contributed by atoms with Gasteiger partial charge in [0, 0.05) is 31.4 Å². The van der Waals surface area contributed by atoms with Crippen molar-refractivity contribution in [3.05, 3.63) is 0 Å². The second-order valence-corrected chi connectivity index (χ2v) is 6.88. The van der Waals surface area contributed by atoms with Crippen LogP contribution in [0.2, 0.25) is 6.04 Å². The molecule has 0 fully saturated rings. The summed E-state index contributed by atoms with van der Waals surface area (Å²) in [5.41, 5.74) is -0.0360. The molecule has 0 unspecified atom stereocenters. The first-order valence-electron chi connectivity index (χ1n) is 6.06. The van der Waals surface area contributed by atoms with E-state index in [0.29, 0.717) is 19.8 Å². The molecule has 4 nitrogen and oxygen atoms in total. The van der Waals surface area contributed by atoms with Gasteiger partial charge >= 0.3 is 8.80 Å². The number of nitrogens with one attached hydrogen (secondary N) is 1. The smallest absolute Gasteiger partial charge is 0.374 e. The van der Waals surface area contributed by atoms with Gasteiger partial charge in [-0.05, 0) is 41.7 Å². The number of hydrogen-bond acceptors (Lipinski definition) is 4. The summed E-state index contributed by atoms with van der Waals surface area (Å²) >= 11 is 0. The Kier molecular flexibility index (Phi) is 7.42. The Labute approximate surface area is 101 Å². The zero-order chi connectivity index (χ0) is 12.7. The standard InChI is InChI=1S/C11H27NO3Si/c1-7-13-16(14-8-2,15-9-3)10-11(4,5)12-6/h12H,7-10H2,1-6H3. The average molecular weight is 249 g/mol. The highest BCUT2D eigenvalue weighted by Gasteiger charge is 2.45. The zero-order valence-corrected chi connectivity index (χ0v) is 12.6. The molecular weight excluding hydrogens is 222 g/mol. The molecular formula is C11H27NO3Si. The van der Waals surface area contributed by atoms with E-state index in [-0.39, 0.29) is 5.54 Å². The van der Waals surface area contributed by atoms with Gasteiger partial charge in [-0.2, -0.15) is 0 Å². The summed E-state index contributed by atoms with van der Waals surface area (Å²) in [5.74, 6) is 0. The first-order chi connectivity index (χ1) is 7.45. The first kappa shape index (κ1) is 16.1. The molecule has 0 heterocycles. The Morgan fingerprint density at radius 3 is 1.56 bits per heavy atom. The molecule has 0 atom stereocenters. The van der Waals surface area contributed by atoms with E-state index in [2.05, 4.69) is 19.2 Å². The topological polar surface area (TPSA) is 39.7 Å². The third-order valence-electron chi connectivity index (χ3n) is 2.43. The van der Waals surface area contributed by atoms with Gasteiger partial charge in [0.2, 0.25) is 0 Å². The molecule has 0 spiro atoms. The van der Waals surface area contributed by atoms with Crippen LogP contribution in [0.15, 0.2) is 0 Å². The summed E-state index contributed by atoms with van der Waals surface area (Å²) in [6.45, 7) is 12.1. The second kappa shape index (κ2) is 7.40. The molecule has 0 aliphatic heterocycles. The number of hydrogen-bond donors (Lipinski definition) is 1. The predicted octanol–water partition coefficient (Wildman–Crippen LogP) is 2.03. The van der Waals surface area contributed by atoms with Crippen LogP contribution in [0.3, 0.4) is 0 Å². The first-order valence-corrected chi connectivity index (χ1v) is 7.99. The molecule has 0 saturated carbocycles. The van der Waals surface area contributed by atoms with Crippen LogP contribution in [0.5, 0.6) is 0 Å². The maximum absolute atomic E-state index is 5.80. The Hall–Kier alpha value is 0.0569. The van der Waals surface area contributed by atoms with Crippen LogP contribution >= 0.6 is 0 Å². The van der Waals surface area contributed by atoms with Gasteiger partial charge in [0.25, 0.3) is 0 Å². The van der Waals surface area contributed by atoms with Gasteiger partial charge in [-0.3, -0.25) is 0 Å². The van der Waals surface area contributed by atoms with E-state index in [1.807, 2.05) is 27.8 Å². The van der Waals surface area contributed by atoms with Crippen molar-refractivity contribution in [3.63, 3.8) is 0 Å². The van der Waals surface area contributed by atoms with Crippen LogP contribution in [-0.2, 0) is 13.3 Å². The Morgan fingerprint density at radius 1 is 0.938 bits per heavy atom. The van der Waals surface area contributed by atoms with Gasteiger partial charge in [-0.15, -0.1) is 0 Å². The molecule has 1 N–H and O–H groups in total. The van der Waals surface area contributed by atoms with Crippen molar-refractivity contribution in [2.45, 2.75) is 46.2 Å². The van der Waals surface area contributed by atoms with Gasteiger partial charge in [0.1, 0.15) is 0 Å². The average Bonchev–Trinajstić information content (AvgIpc) is 2.18. The monoisotopic (exact) mass is 249 g/mol. The summed E-state index contributed by atoms with van der Waals surface area (Å²) in [7, 11) is -0.567. The van der Waals surface area contributed by atoms with E-state index < -0.39 is 8.80 Å². The number of rotatable bonds is 9. The third kappa shape index (κ3) is 5.40. The van der Waals surface area contributed by atoms with Gasteiger partial charge in [-0.1, -0.05) is 0 Å². The van der Waals surface area contributed by atoms with E-state index in [1.54, 1.807) is 0 Å². The summed E-state index contributed by atoms with van der Waals surface area (Å²) in [4.78, 5) is 0. The minimum absolute atomic E-state index is 0.0360. The summed E-state index contributed by atoms with van der Waals surface area (Å²) in [6.07, 6.45) is 0. The highest BCUT2D eigenvalue weighted by molar-refractivity contribution is 6.61. The fraction of sp³-hybridized carbons (Fsp3) is 1.00. The molecule has 0 aliphatic rings. The third-order valence-corrected chi connectivity index (χ3v) is 5.93. The molecule has 0 amide bonds. The molecule has 0 bridgehead atoms.